The molecule has 1 unspecified atom stereocenters. The lowest BCUT2D eigenvalue weighted by atomic mass is 10.2. The zero-order valence-electron chi connectivity index (χ0n) is 11.4. The van der Waals surface area contributed by atoms with Gasteiger partial charge >= 0.3 is 0 Å². The van der Waals surface area contributed by atoms with E-state index in [4.69, 9.17) is 0 Å². The average Bonchev–Trinajstić information content (AvgIpc) is 2.65. The number of para-hydroxylation sites is 2. The van der Waals surface area contributed by atoms with Crippen molar-refractivity contribution in [3.05, 3.63) is 40.3 Å². The van der Waals surface area contributed by atoms with E-state index < -0.39 is 0 Å². The minimum absolute atomic E-state index is 0.105. The average molecular weight is 273 g/mol. The van der Waals surface area contributed by atoms with Crippen LogP contribution in [0.3, 0.4) is 0 Å². The van der Waals surface area contributed by atoms with Gasteiger partial charge in [-0.2, -0.15) is 0 Å². The Hall–Kier alpha value is -1.68. The fraction of sp³-hybridized carbons (Fsp3) is 0.333. The SMILES string of the molecule is CC(=O)N1c2ccccc2-[n+]2c(C)csc2CC1C. The predicted octanol–water partition coefficient (Wildman–Crippen LogP) is 2.63. The van der Waals surface area contributed by atoms with Crippen molar-refractivity contribution in [2.45, 2.75) is 33.2 Å². The van der Waals surface area contributed by atoms with E-state index in [-0.39, 0.29) is 11.9 Å². The van der Waals surface area contributed by atoms with Gasteiger partial charge in [0.1, 0.15) is 5.69 Å². The monoisotopic (exact) mass is 273 g/mol. The highest BCUT2D eigenvalue weighted by Gasteiger charge is 2.34. The summed E-state index contributed by atoms with van der Waals surface area (Å²) in [5.41, 5.74) is 3.34. The van der Waals surface area contributed by atoms with Crippen LogP contribution >= 0.6 is 11.3 Å². The van der Waals surface area contributed by atoms with Crippen molar-refractivity contribution in [1.82, 2.24) is 0 Å². The minimum atomic E-state index is 0.105. The molecule has 98 valence electrons. The maximum Gasteiger partial charge on any atom is 0.245 e. The Morgan fingerprint density at radius 3 is 2.89 bits per heavy atom. The van der Waals surface area contributed by atoms with Crippen LogP contribution in [0.2, 0.25) is 0 Å². The molecule has 1 amide bonds. The van der Waals surface area contributed by atoms with Gasteiger partial charge in [-0.15, -0.1) is 4.57 Å². The second-order valence-corrected chi connectivity index (χ2v) is 5.98. The molecule has 19 heavy (non-hydrogen) atoms. The molecular formula is C15H17N2OS+. The van der Waals surface area contributed by atoms with Gasteiger partial charge in [-0.3, -0.25) is 4.79 Å². The molecule has 1 aliphatic heterocycles. The van der Waals surface area contributed by atoms with Crippen molar-refractivity contribution in [2.75, 3.05) is 4.90 Å². The van der Waals surface area contributed by atoms with Crippen LogP contribution in [-0.4, -0.2) is 11.9 Å². The molecule has 0 spiro atoms. The Morgan fingerprint density at radius 1 is 1.42 bits per heavy atom. The molecule has 1 aromatic heterocycles. The van der Waals surface area contributed by atoms with Gasteiger partial charge in [0.15, 0.2) is 5.69 Å². The van der Waals surface area contributed by atoms with Crippen LogP contribution in [0.15, 0.2) is 29.6 Å². The number of rotatable bonds is 0. The van der Waals surface area contributed by atoms with E-state index in [0.29, 0.717) is 0 Å². The summed E-state index contributed by atoms with van der Waals surface area (Å²) in [6, 6.07) is 8.33. The quantitative estimate of drug-likeness (QED) is 0.677. The molecule has 0 saturated heterocycles. The third-order valence-electron chi connectivity index (χ3n) is 3.60. The van der Waals surface area contributed by atoms with E-state index >= 15 is 0 Å². The van der Waals surface area contributed by atoms with Crippen molar-refractivity contribution in [2.24, 2.45) is 0 Å². The molecule has 2 aromatic rings. The topological polar surface area (TPSA) is 24.2 Å². The van der Waals surface area contributed by atoms with Gasteiger partial charge in [0, 0.05) is 26.0 Å². The number of aromatic nitrogens is 1. The summed E-state index contributed by atoms with van der Waals surface area (Å²) in [5, 5.41) is 3.49. The maximum atomic E-state index is 12.0. The van der Waals surface area contributed by atoms with Gasteiger partial charge in [0.2, 0.25) is 16.6 Å². The third-order valence-corrected chi connectivity index (χ3v) is 4.68. The number of aryl methyl sites for hydroxylation is 1. The fourth-order valence-electron chi connectivity index (χ4n) is 2.84. The number of hydrogen-bond donors (Lipinski definition) is 0. The zero-order chi connectivity index (χ0) is 13.6. The fourth-order valence-corrected chi connectivity index (χ4v) is 3.93. The number of amides is 1. The highest BCUT2D eigenvalue weighted by atomic mass is 32.1. The molecule has 1 aromatic carbocycles. The first-order chi connectivity index (χ1) is 9.09. The summed E-state index contributed by atoms with van der Waals surface area (Å²) >= 11 is 1.77. The molecule has 0 N–H and O–H groups in total. The van der Waals surface area contributed by atoms with E-state index in [9.17, 15) is 4.79 Å². The summed E-state index contributed by atoms with van der Waals surface area (Å²) in [7, 11) is 0. The summed E-state index contributed by atoms with van der Waals surface area (Å²) < 4.78 is 2.28. The number of hydrogen-bond acceptors (Lipinski definition) is 2. The van der Waals surface area contributed by atoms with Crippen LogP contribution in [0.5, 0.6) is 0 Å². The summed E-state index contributed by atoms with van der Waals surface area (Å²) in [6.45, 7) is 5.87. The van der Waals surface area contributed by atoms with Gasteiger partial charge in [-0.25, -0.2) is 0 Å². The number of thiazole rings is 1. The number of fused-ring (bicyclic) bond motifs is 3. The standard InChI is InChI=1S/C15H17N2OS/c1-10-8-15-17(11(2)9-19-15)14-7-5-4-6-13(14)16(10)12(3)18/h4-7,9-10H,8H2,1-3H3/q+1. The zero-order valence-corrected chi connectivity index (χ0v) is 12.2. The lowest BCUT2D eigenvalue weighted by Crippen LogP contribution is -2.37. The first-order valence-electron chi connectivity index (χ1n) is 6.48. The molecular weight excluding hydrogens is 256 g/mol. The molecule has 0 aliphatic carbocycles. The maximum absolute atomic E-state index is 12.0. The smallest absolute Gasteiger partial charge is 0.245 e. The highest BCUT2D eigenvalue weighted by Crippen LogP contribution is 2.29. The summed E-state index contributed by atoms with van der Waals surface area (Å²) in [4.78, 5) is 13.9. The predicted molar refractivity (Wildman–Crippen MR) is 76.9 cm³/mol. The number of carbonyl (C=O) groups is 1. The van der Waals surface area contributed by atoms with Crippen LogP contribution in [0.4, 0.5) is 5.69 Å². The molecule has 3 nitrogen and oxygen atoms in total. The lowest BCUT2D eigenvalue weighted by Gasteiger charge is -2.25. The number of carbonyl (C=O) groups excluding carboxylic acids is 1. The Balaban J connectivity index is 2.30. The Morgan fingerprint density at radius 2 is 2.16 bits per heavy atom. The summed E-state index contributed by atoms with van der Waals surface area (Å²) in [5.74, 6) is 0.105. The number of benzene rings is 1. The molecule has 0 fully saturated rings. The molecule has 1 atom stereocenters. The van der Waals surface area contributed by atoms with E-state index in [2.05, 4.69) is 29.9 Å². The number of anilines is 1. The van der Waals surface area contributed by atoms with E-state index in [1.54, 1.807) is 18.3 Å². The Labute approximate surface area is 117 Å². The van der Waals surface area contributed by atoms with Crippen LogP contribution in [0.1, 0.15) is 24.5 Å². The molecule has 3 rings (SSSR count). The summed E-state index contributed by atoms with van der Waals surface area (Å²) in [6.07, 6.45) is 0.896. The van der Waals surface area contributed by atoms with E-state index in [1.807, 2.05) is 23.1 Å². The Bertz CT molecular complexity index is 647. The van der Waals surface area contributed by atoms with Gasteiger partial charge in [0.05, 0.1) is 11.8 Å². The van der Waals surface area contributed by atoms with Crippen LogP contribution in [0, 0.1) is 6.92 Å². The molecule has 0 saturated carbocycles. The van der Waals surface area contributed by atoms with E-state index in [0.717, 1.165) is 17.8 Å². The minimum Gasteiger partial charge on any atom is -0.303 e. The largest absolute Gasteiger partial charge is 0.303 e. The first-order valence-corrected chi connectivity index (χ1v) is 7.36. The van der Waals surface area contributed by atoms with Crippen molar-refractivity contribution in [3.8, 4) is 5.69 Å². The van der Waals surface area contributed by atoms with Crippen molar-refractivity contribution < 1.29 is 9.36 Å². The van der Waals surface area contributed by atoms with Gasteiger partial charge in [0.25, 0.3) is 0 Å². The molecule has 2 heterocycles. The van der Waals surface area contributed by atoms with Crippen LogP contribution in [-0.2, 0) is 11.2 Å². The van der Waals surface area contributed by atoms with Crippen molar-refractivity contribution in [3.63, 3.8) is 0 Å². The third kappa shape index (κ3) is 1.87. The van der Waals surface area contributed by atoms with Gasteiger partial charge < -0.3 is 4.90 Å². The molecule has 0 bridgehead atoms. The normalized spacial score (nSPS) is 17.6. The van der Waals surface area contributed by atoms with Gasteiger partial charge in [-0.1, -0.05) is 23.5 Å². The van der Waals surface area contributed by atoms with Gasteiger partial charge in [-0.05, 0) is 13.0 Å². The number of nitrogens with zero attached hydrogens (tertiary/aromatic N) is 2. The first kappa shape index (κ1) is 12.4. The molecule has 4 heteroatoms. The van der Waals surface area contributed by atoms with Crippen LogP contribution in [0.25, 0.3) is 5.69 Å². The highest BCUT2D eigenvalue weighted by molar-refractivity contribution is 7.09. The molecule has 1 aliphatic rings. The van der Waals surface area contributed by atoms with Crippen molar-refractivity contribution >= 4 is 22.9 Å². The van der Waals surface area contributed by atoms with Crippen LogP contribution < -0.4 is 9.47 Å². The van der Waals surface area contributed by atoms with Crippen molar-refractivity contribution in [1.29, 1.82) is 0 Å². The Kier molecular flexibility index (Phi) is 2.90. The second-order valence-electron chi connectivity index (χ2n) is 5.04. The van der Waals surface area contributed by atoms with E-state index in [1.165, 1.54) is 10.7 Å². The lowest BCUT2D eigenvalue weighted by molar-refractivity contribution is -0.603. The molecule has 0 radical (unpaired) electrons. The second kappa shape index (κ2) is 4.46.